The molecule has 0 N–H and O–H groups in total. The van der Waals surface area contributed by atoms with E-state index in [2.05, 4.69) is 41.0 Å². The van der Waals surface area contributed by atoms with Crippen molar-refractivity contribution in [3.63, 3.8) is 0 Å². The van der Waals surface area contributed by atoms with Crippen molar-refractivity contribution in [2.45, 2.75) is 38.6 Å². The standard InChI is InChI=1S/C18H26N2/c1-14-2-6-17(7-3-14)19-8-10-20(11-9-19)18-13-15-4-5-16(18)12-15/h2-3,6-7,15-16,18H,4-5,8-13H2,1H3/t15-,16+,18-/m0/s1. The highest BCUT2D eigenvalue weighted by Gasteiger charge is 2.42. The van der Waals surface area contributed by atoms with E-state index in [4.69, 9.17) is 0 Å². The Morgan fingerprint density at radius 3 is 2.25 bits per heavy atom. The van der Waals surface area contributed by atoms with Crippen LogP contribution in [0, 0.1) is 18.8 Å². The van der Waals surface area contributed by atoms with Crippen molar-refractivity contribution in [2.75, 3.05) is 31.1 Å². The molecule has 3 atom stereocenters. The Hall–Kier alpha value is -1.02. The van der Waals surface area contributed by atoms with Gasteiger partial charge in [-0.05, 0) is 50.2 Å². The summed E-state index contributed by atoms with van der Waals surface area (Å²) in [7, 11) is 0. The molecule has 1 saturated heterocycles. The van der Waals surface area contributed by atoms with Gasteiger partial charge >= 0.3 is 0 Å². The van der Waals surface area contributed by atoms with Crippen LogP contribution in [-0.4, -0.2) is 37.1 Å². The van der Waals surface area contributed by atoms with Crippen molar-refractivity contribution in [1.29, 1.82) is 0 Å². The topological polar surface area (TPSA) is 6.48 Å². The van der Waals surface area contributed by atoms with E-state index < -0.39 is 0 Å². The Morgan fingerprint density at radius 1 is 0.900 bits per heavy atom. The molecule has 3 fully saturated rings. The zero-order valence-electron chi connectivity index (χ0n) is 12.6. The molecule has 20 heavy (non-hydrogen) atoms. The maximum absolute atomic E-state index is 2.80. The molecule has 108 valence electrons. The number of fused-ring (bicyclic) bond motifs is 2. The molecule has 1 aromatic carbocycles. The van der Waals surface area contributed by atoms with Crippen LogP contribution in [0.2, 0.25) is 0 Å². The van der Waals surface area contributed by atoms with Gasteiger partial charge in [0.2, 0.25) is 0 Å². The summed E-state index contributed by atoms with van der Waals surface area (Å²) in [4.78, 5) is 5.36. The van der Waals surface area contributed by atoms with Gasteiger partial charge in [-0.25, -0.2) is 0 Å². The lowest BCUT2D eigenvalue weighted by molar-refractivity contribution is 0.135. The maximum atomic E-state index is 2.80. The van der Waals surface area contributed by atoms with Gasteiger partial charge in [-0.2, -0.15) is 0 Å². The minimum absolute atomic E-state index is 0.925. The summed E-state index contributed by atoms with van der Waals surface area (Å²) in [5.41, 5.74) is 2.76. The number of anilines is 1. The van der Waals surface area contributed by atoms with Crippen LogP contribution < -0.4 is 4.90 Å². The van der Waals surface area contributed by atoms with E-state index in [0.717, 1.165) is 17.9 Å². The molecular formula is C18H26N2. The normalized spacial score (nSPS) is 33.9. The molecule has 1 aliphatic heterocycles. The molecule has 1 aromatic rings. The Morgan fingerprint density at radius 2 is 1.65 bits per heavy atom. The molecular weight excluding hydrogens is 244 g/mol. The van der Waals surface area contributed by atoms with Gasteiger partial charge in [0.25, 0.3) is 0 Å². The second-order valence-corrected chi connectivity index (χ2v) is 7.10. The first-order valence-corrected chi connectivity index (χ1v) is 8.35. The third kappa shape index (κ3) is 2.24. The summed E-state index contributed by atoms with van der Waals surface area (Å²) < 4.78 is 0. The molecule has 2 saturated carbocycles. The fourth-order valence-electron chi connectivity index (χ4n) is 4.73. The van der Waals surface area contributed by atoms with Gasteiger partial charge in [0.15, 0.2) is 0 Å². The zero-order chi connectivity index (χ0) is 13.5. The quantitative estimate of drug-likeness (QED) is 0.813. The highest BCUT2D eigenvalue weighted by molar-refractivity contribution is 5.47. The van der Waals surface area contributed by atoms with Crippen molar-refractivity contribution in [1.82, 2.24) is 4.90 Å². The van der Waals surface area contributed by atoms with Gasteiger partial charge < -0.3 is 4.90 Å². The summed E-state index contributed by atoms with van der Waals surface area (Å²) in [6, 6.07) is 9.95. The number of benzene rings is 1. The fourth-order valence-corrected chi connectivity index (χ4v) is 4.73. The minimum atomic E-state index is 0.925. The SMILES string of the molecule is Cc1ccc(N2CCN([C@H]3C[C@H]4CC[C@@H]3C4)CC2)cc1. The van der Waals surface area contributed by atoms with Crippen LogP contribution >= 0.6 is 0 Å². The molecule has 0 unspecified atom stereocenters. The zero-order valence-corrected chi connectivity index (χ0v) is 12.6. The Bertz CT molecular complexity index is 459. The van der Waals surface area contributed by atoms with Crippen LogP contribution in [0.3, 0.4) is 0 Å². The largest absolute Gasteiger partial charge is 0.369 e. The van der Waals surface area contributed by atoms with Crippen LogP contribution in [0.25, 0.3) is 0 Å². The summed E-state index contributed by atoms with van der Waals surface area (Å²) in [5, 5.41) is 0. The number of aryl methyl sites for hydroxylation is 1. The van der Waals surface area contributed by atoms with Gasteiger partial charge in [-0.15, -0.1) is 0 Å². The second-order valence-electron chi connectivity index (χ2n) is 7.10. The Kier molecular flexibility index (Phi) is 3.22. The first-order chi connectivity index (χ1) is 9.79. The predicted molar refractivity (Wildman–Crippen MR) is 84.2 cm³/mol. The molecule has 0 radical (unpaired) electrons. The first-order valence-electron chi connectivity index (χ1n) is 8.35. The van der Waals surface area contributed by atoms with Gasteiger partial charge in [-0.3, -0.25) is 4.90 Å². The van der Waals surface area contributed by atoms with E-state index in [9.17, 15) is 0 Å². The highest BCUT2D eigenvalue weighted by Crippen LogP contribution is 2.46. The summed E-state index contributed by atoms with van der Waals surface area (Å²) in [6.07, 6.45) is 6.05. The molecule has 3 aliphatic rings. The average Bonchev–Trinajstić information content (AvgIpc) is 3.11. The minimum Gasteiger partial charge on any atom is -0.369 e. The first kappa shape index (κ1) is 12.7. The molecule has 2 bridgehead atoms. The van der Waals surface area contributed by atoms with E-state index in [1.165, 1.54) is 63.1 Å². The van der Waals surface area contributed by atoms with Crippen LogP contribution in [0.15, 0.2) is 24.3 Å². The number of nitrogens with zero attached hydrogens (tertiary/aromatic N) is 2. The van der Waals surface area contributed by atoms with Crippen LogP contribution in [-0.2, 0) is 0 Å². The third-order valence-corrected chi connectivity index (χ3v) is 5.88. The molecule has 1 heterocycles. The van der Waals surface area contributed by atoms with E-state index in [-0.39, 0.29) is 0 Å². The fraction of sp³-hybridized carbons (Fsp3) is 0.667. The van der Waals surface area contributed by atoms with Crippen molar-refractivity contribution in [2.24, 2.45) is 11.8 Å². The van der Waals surface area contributed by atoms with E-state index in [1.807, 2.05) is 0 Å². The van der Waals surface area contributed by atoms with Crippen LogP contribution in [0.5, 0.6) is 0 Å². The number of rotatable bonds is 2. The van der Waals surface area contributed by atoms with Gasteiger partial charge in [0.1, 0.15) is 0 Å². The summed E-state index contributed by atoms with van der Waals surface area (Å²) in [6.45, 7) is 7.11. The number of hydrogen-bond acceptors (Lipinski definition) is 2. The molecule has 2 nitrogen and oxygen atoms in total. The van der Waals surface area contributed by atoms with Crippen molar-refractivity contribution in [3.8, 4) is 0 Å². The van der Waals surface area contributed by atoms with Crippen molar-refractivity contribution < 1.29 is 0 Å². The molecule has 0 amide bonds. The molecule has 4 rings (SSSR count). The second kappa shape index (κ2) is 5.07. The lowest BCUT2D eigenvalue weighted by Gasteiger charge is -2.41. The molecule has 2 aliphatic carbocycles. The third-order valence-electron chi connectivity index (χ3n) is 5.88. The highest BCUT2D eigenvalue weighted by atomic mass is 15.3. The average molecular weight is 270 g/mol. The summed E-state index contributed by atoms with van der Waals surface area (Å²) in [5.74, 6) is 2.10. The Labute approximate surface area is 122 Å². The maximum Gasteiger partial charge on any atom is 0.0367 e. The molecule has 0 aromatic heterocycles. The van der Waals surface area contributed by atoms with Gasteiger partial charge in [0.05, 0.1) is 0 Å². The van der Waals surface area contributed by atoms with E-state index in [0.29, 0.717) is 0 Å². The van der Waals surface area contributed by atoms with Crippen molar-refractivity contribution in [3.05, 3.63) is 29.8 Å². The lowest BCUT2D eigenvalue weighted by atomic mass is 9.93. The Balaban J connectivity index is 1.37. The lowest BCUT2D eigenvalue weighted by Crippen LogP contribution is -2.51. The van der Waals surface area contributed by atoms with Crippen LogP contribution in [0.4, 0.5) is 5.69 Å². The van der Waals surface area contributed by atoms with Crippen LogP contribution in [0.1, 0.15) is 31.2 Å². The van der Waals surface area contributed by atoms with E-state index in [1.54, 1.807) is 0 Å². The number of hydrogen-bond donors (Lipinski definition) is 0. The monoisotopic (exact) mass is 270 g/mol. The van der Waals surface area contributed by atoms with E-state index >= 15 is 0 Å². The molecule has 2 heteroatoms. The van der Waals surface area contributed by atoms with Gasteiger partial charge in [0, 0.05) is 37.9 Å². The van der Waals surface area contributed by atoms with Crippen molar-refractivity contribution >= 4 is 5.69 Å². The number of piperazine rings is 1. The van der Waals surface area contributed by atoms with Gasteiger partial charge in [-0.1, -0.05) is 24.1 Å². The smallest absolute Gasteiger partial charge is 0.0367 e. The molecule has 0 spiro atoms. The predicted octanol–water partition coefficient (Wildman–Crippen LogP) is 3.31. The summed E-state index contributed by atoms with van der Waals surface area (Å²) >= 11 is 0.